The van der Waals surface area contributed by atoms with Gasteiger partial charge in [0.05, 0.1) is 17.7 Å². The Balaban J connectivity index is 1.49. The number of nitrogens with one attached hydrogen (secondary N) is 3. The van der Waals surface area contributed by atoms with Crippen LogP contribution in [0.4, 0.5) is 5.95 Å². The smallest absolute Gasteiger partial charge is 0.255 e. The summed E-state index contributed by atoms with van der Waals surface area (Å²) < 4.78 is 0. The Labute approximate surface area is 174 Å². The van der Waals surface area contributed by atoms with E-state index in [2.05, 4.69) is 35.1 Å². The molecule has 0 aliphatic rings. The van der Waals surface area contributed by atoms with E-state index in [-0.39, 0.29) is 5.56 Å². The van der Waals surface area contributed by atoms with Crippen LogP contribution in [0, 0.1) is 6.92 Å². The lowest BCUT2D eigenvalue weighted by Gasteiger charge is -2.10. The van der Waals surface area contributed by atoms with E-state index in [0.717, 1.165) is 40.7 Å². The van der Waals surface area contributed by atoms with Crippen molar-refractivity contribution in [3.05, 3.63) is 69.4 Å². The van der Waals surface area contributed by atoms with Gasteiger partial charge in [0, 0.05) is 54.7 Å². The van der Waals surface area contributed by atoms with Gasteiger partial charge in [0.1, 0.15) is 0 Å². The first-order valence-electron chi connectivity index (χ1n) is 9.48. The summed E-state index contributed by atoms with van der Waals surface area (Å²) >= 11 is 1.78. The number of anilines is 1. The number of hydrogen-bond acceptors (Lipinski definition) is 7. The van der Waals surface area contributed by atoms with Gasteiger partial charge in [-0.25, -0.2) is 9.97 Å². The van der Waals surface area contributed by atoms with Crippen molar-refractivity contribution in [2.45, 2.75) is 25.6 Å². The first-order valence-corrected chi connectivity index (χ1v) is 10.6. The number of rotatable bonds is 10. The van der Waals surface area contributed by atoms with Gasteiger partial charge in [-0.05, 0) is 38.7 Å². The number of thioether (sulfide) groups is 1. The highest BCUT2D eigenvalue weighted by Gasteiger charge is 2.06. The third-order valence-electron chi connectivity index (χ3n) is 4.34. The summed E-state index contributed by atoms with van der Waals surface area (Å²) in [6, 6.07) is 3.97. The standard InChI is InChI=1S/C20H27N7OS/c1-14-18(25-13-24-14)12-29-7-6-22-20-23-10-16(19(28)26-20)8-15-4-5-21-17(9-15)11-27(2)3/h4-5,9-10,13H,6-8,11-12H2,1-3H3,(H,24,25)(H2,22,23,26,28). The van der Waals surface area contributed by atoms with Crippen molar-refractivity contribution in [1.82, 2.24) is 29.8 Å². The highest BCUT2D eigenvalue weighted by atomic mass is 32.2. The zero-order valence-electron chi connectivity index (χ0n) is 17.0. The Morgan fingerprint density at radius 1 is 1.24 bits per heavy atom. The molecule has 0 unspecified atom stereocenters. The third-order valence-corrected chi connectivity index (χ3v) is 5.31. The van der Waals surface area contributed by atoms with E-state index in [1.807, 2.05) is 33.2 Å². The minimum Gasteiger partial charge on any atom is -0.355 e. The van der Waals surface area contributed by atoms with Crippen molar-refractivity contribution >= 4 is 17.7 Å². The molecule has 3 heterocycles. The zero-order valence-corrected chi connectivity index (χ0v) is 17.8. The lowest BCUT2D eigenvalue weighted by molar-refractivity contribution is 0.396. The van der Waals surface area contributed by atoms with Crippen LogP contribution in [-0.2, 0) is 18.7 Å². The lowest BCUT2D eigenvalue weighted by atomic mass is 10.1. The molecular weight excluding hydrogens is 386 g/mol. The zero-order chi connectivity index (χ0) is 20.6. The second-order valence-electron chi connectivity index (χ2n) is 7.11. The molecule has 9 heteroatoms. The fourth-order valence-corrected chi connectivity index (χ4v) is 3.72. The summed E-state index contributed by atoms with van der Waals surface area (Å²) in [5.74, 6) is 2.25. The number of H-pyrrole nitrogens is 2. The summed E-state index contributed by atoms with van der Waals surface area (Å²) in [6.45, 7) is 3.50. The number of pyridine rings is 1. The predicted octanol–water partition coefficient (Wildman–Crippen LogP) is 2.19. The number of hydrogen-bond donors (Lipinski definition) is 3. The molecule has 3 aromatic heterocycles. The van der Waals surface area contributed by atoms with Gasteiger partial charge in [0.15, 0.2) is 0 Å². The van der Waals surface area contributed by atoms with E-state index in [1.54, 1.807) is 30.5 Å². The molecule has 0 radical (unpaired) electrons. The summed E-state index contributed by atoms with van der Waals surface area (Å²) in [5, 5.41) is 3.17. The lowest BCUT2D eigenvalue weighted by Crippen LogP contribution is -2.18. The molecule has 154 valence electrons. The van der Waals surface area contributed by atoms with Crippen LogP contribution < -0.4 is 10.9 Å². The molecule has 8 nitrogen and oxygen atoms in total. The van der Waals surface area contributed by atoms with E-state index in [4.69, 9.17) is 0 Å². The Morgan fingerprint density at radius 3 is 2.83 bits per heavy atom. The van der Waals surface area contributed by atoms with Crippen LogP contribution in [0.15, 0.2) is 35.6 Å². The summed E-state index contributed by atoms with van der Waals surface area (Å²) in [6.07, 6.45) is 5.68. The number of aryl methyl sites for hydroxylation is 1. The topological polar surface area (TPSA) is 103 Å². The van der Waals surface area contributed by atoms with E-state index in [9.17, 15) is 4.79 Å². The normalized spacial score (nSPS) is 11.2. The first kappa shape index (κ1) is 21.1. The average molecular weight is 414 g/mol. The summed E-state index contributed by atoms with van der Waals surface area (Å²) in [5.41, 5.74) is 4.74. The molecule has 0 spiro atoms. The molecule has 0 amide bonds. The van der Waals surface area contributed by atoms with Crippen molar-refractivity contribution in [3.8, 4) is 0 Å². The van der Waals surface area contributed by atoms with Gasteiger partial charge >= 0.3 is 0 Å². The third kappa shape index (κ3) is 6.43. The van der Waals surface area contributed by atoms with Gasteiger partial charge < -0.3 is 15.2 Å². The van der Waals surface area contributed by atoms with Crippen molar-refractivity contribution in [2.75, 3.05) is 31.7 Å². The van der Waals surface area contributed by atoms with Crippen LogP contribution in [0.25, 0.3) is 0 Å². The second-order valence-corrected chi connectivity index (χ2v) is 8.21. The van der Waals surface area contributed by atoms with Gasteiger partial charge in [-0.3, -0.25) is 14.8 Å². The van der Waals surface area contributed by atoms with Crippen LogP contribution in [-0.4, -0.2) is 56.2 Å². The highest BCUT2D eigenvalue weighted by molar-refractivity contribution is 7.98. The molecule has 0 aromatic carbocycles. The molecule has 29 heavy (non-hydrogen) atoms. The first-order chi connectivity index (χ1) is 14.0. The highest BCUT2D eigenvalue weighted by Crippen LogP contribution is 2.12. The molecule has 3 rings (SSSR count). The SMILES string of the molecule is Cc1[nH]cnc1CSCCNc1ncc(Cc2ccnc(CN(C)C)c2)c(=O)[nH]1. The number of aromatic nitrogens is 5. The van der Waals surface area contributed by atoms with Crippen LogP contribution >= 0.6 is 11.8 Å². The van der Waals surface area contributed by atoms with Crippen LogP contribution in [0.1, 0.15) is 28.2 Å². The molecule has 0 bridgehead atoms. The Morgan fingerprint density at radius 2 is 2.10 bits per heavy atom. The van der Waals surface area contributed by atoms with Crippen molar-refractivity contribution in [1.29, 1.82) is 0 Å². The Kier molecular flexibility index (Phi) is 7.42. The van der Waals surface area contributed by atoms with E-state index < -0.39 is 0 Å². The van der Waals surface area contributed by atoms with E-state index in [0.29, 0.717) is 24.5 Å². The minimum absolute atomic E-state index is 0.117. The molecule has 3 N–H and O–H groups in total. The van der Waals surface area contributed by atoms with Gasteiger partial charge in [-0.15, -0.1) is 0 Å². The molecular formula is C20H27N7OS. The van der Waals surface area contributed by atoms with Gasteiger partial charge in [0.2, 0.25) is 5.95 Å². The monoisotopic (exact) mass is 413 g/mol. The maximum Gasteiger partial charge on any atom is 0.255 e. The van der Waals surface area contributed by atoms with E-state index >= 15 is 0 Å². The van der Waals surface area contributed by atoms with Gasteiger partial charge in [-0.1, -0.05) is 0 Å². The minimum atomic E-state index is -0.117. The van der Waals surface area contributed by atoms with Gasteiger partial charge in [-0.2, -0.15) is 11.8 Å². The quantitative estimate of drug-likeness (QED) is 0.438. The number of imidazole rings is 1. The molecule has 0 saturated heterocycles. The van der Waals surface area contributed by atoms with Crippen LogP contribution in [0.5, 0.6) is 0 Å². The van der Waals surface area contributed by atoms with Gasteiger partial charge in [0.25, 0.3) is 5.56 Å². The molecule has 0 saturated carbocycles. The Bertz CT molecular complexity index is 983. The summed E-state index contributed by atoms with van der Waals surface area (Å²) in [7, 11) is 4.01. The molecule has 0 fully saturated rings. The molecule has 0 aliphatic carbocycles. The Hall–Kier alpha value is -2.65. The average Bonchev–Trinajstić information content (AvgIpc) is 3.08. The molecule has 0 atom stereocenters. The van der Waals surface area contributed by atoms with Crippen LogP contribution in [0.3, 0.4) is 0 Å². The molecule has 0 aliphatic heterocycles. The maximum absolute atomic E-state index is 12.4. The van der Waals surface area contributed by atoms with E-state index in [1.165, 1.54) is 0 Å². The predicted molar refractivity (Wildman–Crippen MR) is 117 cm³/mol. The van der Waals surface area contributed by atoms with Crippen molar-refractivity contribution in [3.63, 3.8) is 0 Å². The fraction of sp³-hybridized carbons (Fsp3) is 0.400. The number of nitrogens with zero attached hydrogens (tertiary/aromatic N) is 4. The van der Waals surface area contributed by atoms with Crippen molar-refractivity contribution < 1.29 is 0 Å². The second kappa shape index (κ2) is 10.2. The fourth-order valence-electron chi connectivity index (χ4n) is 2.85. The number of aromatic amines is 2. The van der Waals surface area contributed by atoms with Crippen LogP contribution in [0.2, 0.25) is 0 Å². The molecule has 3 aromatic rings. The maximum atomic E-state index is 12.4. The largest absolute Gasteiger partial charge is 0.355 e. The summed E-state index contributed by atoms with van der Waals surface area (Å²) in [4.78, 5) is 33.4. The van der Waals surface area contributed by atoms with Crippen molar-refractivity contribution in [2.24, 2.45) is 0 Å².